The molecule has 5 nitrogen and oxygen atoms in total. The van der Waals surface area contributed by atoms with Crippen molar-refractivity contribution in [2.45, 2.75) is 13.5 Å². The Balaban J connectivity index is 1.99. The van der Waals surface area contributed by atoms with E-state index in [9.17, 15) is 4.79 Å². The lowest BCUT2D eigenvalue weighted by atomic mass is 10.2. The van der Waals surface area contributed by atoms with Crippen molar-refractivity contribution in [2.75, 3.05) is 19.0 Å². The smallest absolute Gasteiger partial charge is 0.270 e. The van der Waals surface area contributed by atoms with E-state index in [4.69, 9.17) is 4.74 Å². The van der Waals surface area contributed by atoms with Crippen LogP contribution in [0.15, 0.2) is 42.6 Å². The Bertz CT molecular complexity index is 614. The number of aromatic nitrogens is 1. The fourth-order valence-corrected chi connectivity index (χ4v) is 1.92. The lowest BCUT2D eigenvalue weighted by molar-refractivity contribution is 0.0946. The van der Waals surface area contributed by atoms with Gasteiger partial charge < -0.3 is 15.4 Å². The van der Waals surface area contributed by atoms with Gasteiger partial charge in [-0.25, -0.2) is 0 Å². The zero-order valence-corrected chi connectivity index (χ0v) is 12.2. The fraction of sp³-hybridized carbons (Fsp3) is 0.250. The maximum atomic E-state index is 12.1. The van der Waals surface area contributed by atoms with E-state index in [0.717, 1.165) is 23.5 Å². The number of rotatable bonds is 6. The average Bonchev–Trinajstić information content (AvgIpc) is 2.53. The van der Waals surface area contributed by atoms with Gasteiger partial charge in [0.2, 0.25) is 0 Å². The molecule has 21 heavy (non-hydrogen) atoms. The van der Waals surface area contributed by atoms with E-state index in [1.807, 2.05) is 37.3 Å². The molecular formula is C16H19N3O2. The first-order valence-electron chi connectivity index (χ1n) is 6.84. The summed E-state index contributed by atoms with van der Waals surface area (Å²) in [4.78, 5) is 16.2. The number of methoxy groups -OCH3 is 1. The predicted octanol–water partition coefficient (Wildman–Crippen LogP) is 2.45. The molecule has 0 saturated heterocycles. The highest BCUT2D eigenvalue weighted by Gasteiger charge is 2.07. The van der Waals surface area contributed by atoms with Gasteiger partial charge in [0.05, 0.1) is 7.11 Å². The van der Waals surface area contributed by atoms with Crippen LogP contribution in [0.25, 0.3) is 0 Å². The van der Waals surface area contributed by atoms with Crippen LogP contribution < -0.4 is 15.4 Å². The van der Waals surface area contributed by atoms with E-state index < -0.39 is 0 Å². The van der Waals surface area contributed by atoms with E-state index in [-0.39, 0.29) is 5.91 Å². The number of ether oxygens (including phenoxy) is 1. The first-order chi connectivity index (χ1) is 10.2. The molecule has 1 aromatic carbocycles. The Hall–Kier alpha value is -2.56. The van der Waals surface area contributed by atoms with Gasteiger partial charge in [-0.2, -0.15) is 0 Å². The van der Waals surface area contributed by atoms with Gasteiger partial charge in [0.25, 0.3) is 5.91 Å². The third-order valence-electron chi connectivity index (χ3n) is 2.96. The van der Waals surface area contributed by atoms with Crippen LogP contribution in [0, 0.1) is 0 Å². The first-order valence-corrected chi connectivity index (χ1v) is 6.84. The zero-order chi connectivity index (χ0) is 15.1. The van der Waals surface area contributed by atoms with Crippen molar-refractivity contribution in [3.05, 3.63) is 53.9 Å². The molecule has 0 bridgehead atoms. The summed E-state index contributed by atoms with van der Waals surface area (Å²) >= 11 is 0. The highest BCUT2D eigenvalue weighted by atomic mass is 16.5. The SMILES string of the molecule is CCNc1ccnc(C(=O)NCc2cccc(OC)c2)c1. The number of anilines is 1. The average molecular weight is 285 g/mol. The second-order valence-electron chi connectivity index (χ2n) is 4.49. The Morgan fingerprint density at radius 3 is 2.90 bits per heavy atom. The van der Waals surface area contributed by atoms with Crippen LogP contribution >= 0.6 is 0 Å². The Morgan fingerprint density at radius 1 is 1.29 bits per heavy atom. The normalized spacial score (nSPS) is 10.0. The van der Waals surface area contributed by atoms with Crippen LogP contribution in [-0.4, -0.2) is 24.5 Å². The minimum Gasteiger partial charge on any atom is -0.497 e. The molecule has 1 heterocycles. The third kappa shape index (κ3) is 4.21. The summed E-state index contributed by atoms with van der Waals surface area (Å²) in [6.07, 6.45) is 1.62. The van der Waals surface area contributed by atoms with Gasteiger partial charge in [0, 0.05) is 25.0 Å². The molecule has 5 heteroatoms. The van der Waals surface area contributed by atoms with Crippen LogP contribution in [-0.2, 0) is 6.54 Å². The minimum absolute atomic E-state index is 0.197. The second-order valence-corrected chi connectivity index (χ2v) is 4.49. The van der Waals surface area contributed by atoms with E-state index >= 15 is 0 Å². The van der Waals surface area contributed by atoms with Crippen molar-refractivity contribution < 1.29 is 9.53 Å². The van der Waals surface area contributed by atoms with Gasteiger partial charge in [-0.1, -0.05) is 12.1 Å². The number of hydrogen-bond donors (Lipinski definition) is 2. The van der Waals surface area contributed by atoms with Crippen molar-refractivity contribution in [3.63, 3.8) is 0 Å². The molecule has 2 rings (SSSR count). The zero-order valence-electron chi connectivity index (χ0n) is 12.2. The molecule has 2 aromatic rings. The van der Waals surface area contributed by atoms with E-state index in [1.54, 1.807) is 19.4 Å². The summed E-state index contributed by atoms with van der Waals surface area (Å²) in [7, 11) is 1.62. The summed E-state index contributed by atoms with van der Waals surface area (Å²) < 4.78 is 5.16. The largest absolute Gasteiger partial charge is 0.497 e. The topological polar surface area (TPSA) is 63.2 Å². The molecular weight excluding hydrogens is 266 g/mol. The van der Waals surface area contributed by atoms with Gasteiger partial charge in [0.1, 0.15) is 11.4 Å². The maximum absolute atomic E-state index is 12.1. The lowest BCUT2D eigenvalue weighted by Crippen LogP contribution is -2.23. The van der Waals surface area contributed by atoms with Crippen LogP contribution in [0.1, 0.15) is 23.0 Å². The van der Waals surface area contributed by atoms with Crippen molar-refractivity contribution in [1.82, 2.24) is 10.3 Å². The monoisotopic (exact) mass is 285 g/mol. The van der Waals surface area contributed by atoms with Crippen LogP contribution in [0.4, 0.5) is 5.69 Å². The molecule has 0 fully saturated rings. The van der Waals surface area contributed by atoms with E-state index in [1.165, 1.54) is 0 Å². The van der Waals surface area contributed by atoms with Gasteiger partial charge in [-0.3, -0.25) is 9.78 Å². The maximum Gasteiger partial charge on any atom is 0.270 e. The summed E-state index contributed by atoms with van der Waals surface area (Å²) in [5, 5.41) is 6.01. The number of nitrogens with zero attached hydrogens (tertiary/aromatic N) is 1. The Labute approximate surface area is 124 Å². The molecule has 0 spiro atoms. The van der Waals surface area contributed by atoms with Crippen LogP contribution in [0.2, 0.25) is 0 Å². The Morgan fingerprint density at radius 2 is 2.14 bits per heavy atom. The lowest BCUT2D eigenvalue weighted by Gasteiger charge is -2.08. The van der Waals surface area contributed by atoms with Crippen molar-refractivity contribution in [1.29, 1.82) is 0 Å². The van der Waals surface area contributed by atoms with Gasteiger partial charge in [-0.15, -0.1) is 0 Å². The number of amides is 1. The van der Waals surface area contributed by atoms with E-state index in [2.05, 4.69) is 15.6 Å². The molecule has 0 radical (unpaired) electrons. The first kappa shape index (κ1) is 14.8. The quantitative estimate of drug-likeness (QED) is 0.855. The standard InChI is InChI=1S/C16H19N3O2/c1-3-17-13-7-8-18-15(10-13)16(20)19-11-12-5-4-6-14(9-12)21-2/h4-10H,3,11H2,1-2H3,(H,17,18)(H,19,20). The number of carbonyl (C=O) groups excluding carboxylic acids is 1. The fourth-order valence-electron chi connectivity index (χ4n) is 1.92. The molecule has 0 atom stereocenters. The van der Waals surface area contributed by atoms with Crippen molar-refractivity contribution in [2.24, 2.45) is 0 Å². The molecule has 1 amide bonds. The van der Waals surface area contributed by atoms with Crippen molar-refractivity contribution >= 4 is 11.6 Å². The molecule has 0 saturated carbocycles. The molecule has 0 aliphatic heterocycles. The highest BCUT2D eigenvalue weighted by molar-refractivity contribution is 5.93. The second kappa shape index (κ2) is 7.28. The molecule has 2 N–H and O–H groups in total. The summed E-state index contributed by atoms with van der Waals surface area (Å²) in [5.74, 6) is 0.576. The number of nitrogens with one attached hydrogen (secondary N) is 2. The number of benzene rings is 1. The van der Waals surface area contributed by atoms with Crippen LogP contribution in [0.5, 0.6) is 5.75 Å². The van der Waals surface area contributed by atoms with Gasteiger partial charge in [0.15, 0.2) is 0 Å². The highest BCUT2D eigenvalue weighted by Crippen LogP contribution is 2.12. The van der Waals surface area contributed by atoms with E-state index in [0.29, 0.717) is 12.2 Å². The summed E-state index contributed by atoms with van der Waals surface area (Å²) in [6.45, 7) is 3.24. The number of pyridine rings is 1. The van der Waals surface area contributed by atoms with Gasteiger partial charge >= 0.3 is 0 Å². The summed E-state index contributed by atoms with van der Waals surface area (Å²) in [6, 6.07) is 11.2. The Kier molecular flexibility index (Phi) is 5.15. The van der Waals surface area contributed by atoms with Crippen molar-refractivity contribution in [3.8, 4) is 5.75 Å². The molecule has 0 aliphatic rings. The molecule has 0 aliphatic carbocycles. The minimum atomic E-state index is -0.197. The third-order valence-corrected chi connectivity index (χ3v) is 2.96. The number of hydrogen-bond acceptors (Lipinski definition) is 4. The number of carbonyl (C=O) groups is 1. The molecule has 0 unspecified atom stereocenters. The van der Waals surface area contributed by atoms with Crippen LogP contribution in [0.3, 0.4) is 0 Å². The molecule has 1 aromatic heterocycles. The summed E-state index contributed by atoms with van der Waals surface area (Å²) in [5.41, 5.74) is 2.26. The predicted molar refractivity (Wildman–Crippen MR) is 82.6 cm³/mol. The van der Waals surface area contributed by atoms with Gasteiger partial charge in [-0.05, 0) is 36.8 Å². The molecule has 110 valence electrons.